The molecule has 0 aromatic heterocycles. The number of ether oxygens (including phenoxy) is 3. The maximum absolute atomic E-state index is 6.51. The molecule has 0 N–H and O–H groups in total. The SMILES string of the molecule is C=CN(C)CC1(c2ccc(C)cc2C)OCC(COc2ccc(S(C)(C)CC)cc2)O1.CCC.CCCC. The summed E-state index contributed by atoms with van der Waals surface area (Å²) in [6.45, 7) is 20.5. The van der Waals surface area contributed by atoms with E-state index in [4.69, 9.17) is 14.2 Å². The van der Waals surface area contributed by atoms with Gasteiger partial charge in [0.2, 0.25) is 5.79 Å². The highest BCUT2D eigenvalue weighted by Crippen LogP contribution is 2.48. The van der Waals surface area contributed by atoms with Crippen LogP contribution in [-0.2, 0) is 15.3 Å². The summed E-state index contributed by atoms with van der Waals surface area (Å²) in [5.74, 6) is 1.22. The summed E-state index contributed by atoms with van der Waals surface area (Å²) in [4.78, 5) is 3.41. The fourth-order valence-corrected chi connectivity index (χ4v) is 5.06. The van der Waals surface area contributed by atoms with Crippen molar-refractivity contribution >= 4 is 10.0 Å². The Kier molecular flexibility index (Phi) is 15.1. The summed E-state index contributed by atoms with van der Waals surface area (Å²) in [6, 6.07) is 14.9. The summed E-state index contributed by atoms with van der Waals surface area (Å²) < 4.78 is 18.9. The summed E-state index contributed by atoms with van der Waals surface area (Å²) in [5.41, 5.74) is 3.45. The highest BCUT2D eigenvalue weighted by Gasteiger charge is 2.45. The van der Waals surface area contributed by atoms with Crippen LogP contribution in [0.15, 0.2) is 60.1 Å². The van der Waals surface area contributed by atoms with Crippen LogP contribution in [0.4, 0.5) is 0 Å². The molecule has 1 aliphatic heterocycles. The molecular formula is C33H55NO3S. The first kappa shape index (κ1) is 34.1. The molecule has 216 valence electrons. The summed E-state index contributed by atoms with van der Waals surface area (Å²) in [5, 5.41) is 0. The highest BCUT2D eigenvalue weighted by atomic mass is 32.3. The van der Waals surface area contributed by atoms with E-state index in [0.717, 1.165) is 16.9 Å². The van der Waals surface area contributed by atoms with E-state index in [1.807, 2.05) is 11.9 Å². The number of unbranched alkanes of at least 4 members (excludes halogenated alkanes) is 1. The number of benzene rings is 2. The van der Waals surface area contributed by atoms with Crippen molar-refractivity contribution in [3.63, 3.8) is 0 Å². The molecule has 0 bridgehead atoms. The topological polar surface area (TPSA) is 30.9 Å². The quantitative estimate of drug-likeness (QED) is 0.299. The maximum atomic E-state index is 6.51. The molecule has 1 aliphatic rings. The van der Waals surface area contributed by atoms with Gasteiger partial charge < -0.3 is 19.1 Å². The Hall–Kier alpha value is -1.95. The molecule has 38 heavy (non-hydrogen) atoms. The van der Waals surface area contributed by atoms with Crippen LogP contribution in [0.2, 0.25) is 0 Å². The molecule has 1 saturated heterocycles. The van der Waals surface area contributed by atoms with Crippen molar-refractivity contribution < 1.29 is 14.2 Å². The molecule has 0 saturated carbocycles. The van der Waals surface area contributed by atoms with E-state index < -0.39 is 15.8 Å². The van der Waals surface area contributed by atoms with Crippen molar-refractivity contribution in [2.45, 2.75) is 84.5 Å². The third-order valence-electron chi connectivity index (χ3n) is 6.54. The molecule has 5 heteroatoms. The Morgan fingerprint density at radius 1 is 1.03 bits per heavy atom. The van der Waals surface area contributed by atoms with E-state index in [1.54, 1.807) is 6.20 Å². The molecule has 1 heterocycles. The molecule has 1 fully saturated rings. The highest BCUT2D eigenvalue weighted by molar-refractivity contribution is 8.32. The molecule has 0 spiro atoms. The first-order chi connectivity index (χ1) is 18.0. The first-order valence-electron chi connectivity index (χ1n) is 14.2. The van der Waals surface area contributed by atoms with Gasteiger partial charge >= 0.3 is 0 Å². The second-order valence-electron chi connectivity index (χ2n) is 10.5. The largest absolute Gasteiger partial charge is 0.491 e. The minimum absolute atomic E-state index is 0.142. The third-order valence-corrected chi connectivity index (χ3v) is 9.53. The van der Waals surface area contributed by atoms with Crippen molar-refractivity contribution in [1.29, 1.82) is 0 Å². The van der Waals surface area contributed by atoms with E-state index in [1.165, 1.54) is 35.5 Å². The Morgan fingerprint density at radius 3 is 2.13 bits per heavy atom. The lowest BCUT2D eigenvalue weighted by atomic mass is 9.97. The van der Waals surface area contributed by atoms with Crippen LogP contribution in [-0.4, -0.2) is 56.1 Å². The predicted octanol–water partition coefficient (Wildman–Crippen LogP) is 8.69. The van der Waals surface area contributed by atoms with Crippen LogP contribution in [0.25, 0.3) is 0 Å². The van der Waals surface area contributed by atoms with Crippen LogP contribution in [0.5, 0.6) is 5.75 Å². The van der Waals surface area contributed by atoms with Gasteiger partial charge in [0.25, 0.3) is 0 Å². The Balaban J connectivity index is 0.000000923. The summed E-state index contributed by atoms with van der Waals surface area (Å²) >= 11 is 0. The zero-order valence-electron chi connectivity index (χ0n) is 25.9. The van der Waals surface area contributed by atoms with Crippen LogP contribution in [0, 0.1) is 13.8 Å². The van der Waals surface area contributed by atoms with E-state index in [-0.39, 0.29) is 6.10 Å². The van der Waals surface area contributed by atoms with Gasteiger partial charge in [-0.1, -0.05) is 84.2 Å². The van der Waals surface area contributed by atoms with Gasteiger partial charge in [-0.05, 0) is 73.0 Å². The molecule has 2 aromatic rings. The molecule has 4 nitrogen and oxygen atoms in total. The molecule has 2 unspecified atom stereocenters. The number of nitrogens with zero attached hydrogens (tertiary/aromatic N) is 1. The van der Waals surface area contributed by atoms with Crippen molar-refractivity contribution in [3.8, 4) is 5.75 Å². The van der Waals surface area contributed by atoms with Gasteiger partial charge in [0, 0.05) is 12.6 Å². The number of hydrogen-bond acceptors (Lipinski definition) is 4. The van der Waals surface area contributed by atoms with Crippen molar-refractivity contribution in [1.82, 2.24) is 4.90 Å². The molecule has 0 aliphatic carbocycles. The predicted molar refractivity (Wildman–Crippen MR) is 168 cm³/mol. The lowest BCUT2D eigenvalue weighted by Gasteiger charge is -2.33. The molecular weight excluding hydrogens is 490 g/mol. The standard InChI is InChI=1S/C26H37NO3S.C4H10.C3H8/c1-8-27(5)19-26(25-15-10-20(3)16-21(25)4)29-18-23(30-26)17-28-22-11-13-24(14-12-22)31(6,7)9-2;1-3-4-2;1-3-2/h8,10-16,23H,1,9,17-19H2,2-7H3;3-4H2,1-2H3;3H2,1-2H3. The van der Waals surface area contributed by atoms with Crippen molar-refractivity contribution in [2.24, 2.45) is 0 Å². The van der Waals surface area contributed by atoms with E-state index >= 15 is 0 Å². The Bertz CT molecular complexity index is 942. The first-order valence-corrected chi connectivity index (χ1v) is 16.8. The second-order valence-corrected chi connectivity index (χ2v) is 14.7. The molecule has 0 amide bonds. The van der Waals surface area contributed by atoms with Gasteiger partial charge in [0.05, 0.1) is 13.2 Å². The van der Waals surface area contributed by atoms with Crippen molar-refractivity contribution in [2.75, 3.05) is 45.1 Å². The lowest BCUT2D eigenvalue weighted by Crippen LogP contribution is -2.40. The molecule has 0 radical (unpaired) electrons. The average molecular weight is 546 g/mol. The zero-order chi connectivity index (χ0) is 28.8. The lowest BCUT2D eigenvalue weighted by molar-refractivity contribution is -0.186. The third kappa shape index (κ3) is 10.3. The monoisotopic (exact) mass is 545 g/mol. The number of likely N-dealkylation sites (N-methyl/N-ethyl adjacent to an activating group) is 1. The van der Waals surface area contributed by atoms with Crippen LogP contribution in [0.3, 0.4) is 0 Å². The number of aryl methyl sites for hydroxylation is 2. The second kappa shape index (κ2) is 16.9. The van der Waals surface area contributed by atoms with E-state index in [0.29, 0.717) is 19.8 Å². The van der Waals surface area contributed by atoms with E-state index in [9.17, 15) is 0 Å². The molecule has 2 aromatic carbocycles. The van der Waals surface area contributed by atoms with Gasteiger partial charge in [-0.2, -0.15) is 0 Å². The van der Waals surface area contributed by atoms with Crippen molar-refractivity contribution in [3.05, 3.63) is 71.9 Å². The Morgan fingerprint density at radius 2 is 1.63 bits per heavy atom. The van der Waals surface area contributed by atoms with Gasteiger partial charge in [-0.25, -0.2) is 10.0 Å². The fraction of sp³-hybridized carbons (Fsp3) is 0.576. The summed E-state index contributed by atoms with van der Waals surface area (Å²) in [6.07, 6.45) is 10.2. The van der Waals surface area contributed by atoms with Gasteiger partial charge in [-0.3, -0.25) is 0 Å². The normalized spacial score (nSPS) is 18.9. The van der Waals surface area contributed by atoms with Gasteiger partial charge in [-0.15, -0.1) is 0 Å². The minimum atomic E-state index is -0.826. The van der Waals surface area contributed by atoms with Crippen LogP contribution < -0.4 is 4.74 Å². The van der Waals surface area contributed by atoms with Gasteiger partial charge in [0.1, 0.15) is 18.5 Å². The smallest absolute Gasteiger partial charge is 0.213 e. The Labute approximate surface area is 236 Å². The number of hydrogen-bond donors (Lipinski definition) is 0. The number of rotatable bonds is 10. The average Bonchev–Trinajstić information content (AvgIpc) is 3.31. The maximum Gasteiger partial charge on any atom is 0.213 e. The zero-order valence-corrected chi connectivity index (χ0v) is 26.7. The van der Waals surface area contributed by atoms with Gasteiger partial charge in [0.15, 0.2) is 0 Å². The van der Waals surface area contributed by atoms with Crippen LogP contribution >= 0.6 is 10.0 Å². The molecule has 3 rings (SSSR count). The molecule has 2 atom stereocenters. The summed E-state index contributed by atoms with van der Waals surface area (Å²) in [7, 11) is 1.26. The van der Waals surface area contributed by atoms with Crippen LogP contribution in [0.1, 0.15) is 70.6 Å². The fourth-order valence-electron chi connectivity index (χ4n) is 3.85. The minimum Gasteiger partial charge on any atom is -0.491 e. The van der Waals surface area contributed by atoms with E-state index in [2.05, 4.69) is 110 Å².